The van der Waals surface area contributed by atoms with Crippen molar-refractivity contribution in [2.45, 2.75) is 25.6 Å². The monoisotopic (exact) mass is 320 g/mol. The van der Waals surface area contributed by atoms with E-state index in [9.17, 15) is 9.59 Å². The highest BCUT2D eigenvalue weighted by molar-refractivity contribution is 6.01. The summed E-state index contributed by atoms with van der Waals surface area (Å²) in [6, 6.07) is 6.88. The van der Waals surface area contributed by atoms with Gasteiger partial charge in [0.25, 0.3) is 0 Å². The maximum Gasteiger partial charge on any atom is 0.416 e. The van der Waals surface area contributed by atoms with Gasteiger partial charge in [-0.3, -0.25) is 4.90 Å². The first-order valence-corrected chi connectivity index (χ1v) is 7.59. The lowest BCUT2D eigenvalue weighted by Gasteiger charge is -2.44. The molecule has 0 radical (unpaired) electrons. The van der Waals surface area contributed by atoms with Crippen LogP contribution in [0.5, 0.6) is 0 Å². The Morgan fingerprint density at radius 3 is 2.26 bits per heavy atom. The molecule has 0 N–H and O–H groups in total. The van der Waals surface area contributed by atoms with Crippen LogP contribution in [0.3, 0.4) is 0 Å². The summed E-state index contributed by atoms with van der Waals surface area (Å²) in [5, 5.41) is 0. The number of nitrogens with zero attached hydrogens (tertiary/aromatic N) is 2. The molecule has 0 bridgehead atoms. The van der Waals surface area contributed by atoms with Crippen LogP contribution in [0.4, 0.5) is 21.0 Å². The normalized spacial score (nSPS) is 25.6. The largest absolute Gasteiger partial charge is 0.452 e. The number of rotatable bonds is 1. The third kappa shape index (κ3) is 2.31. The lowest BCUT2D eigenvalue weighted by Crippen LogP contribution is -2.59. The van der Waals surface area contributed by atoms with Gasteiger partial charge in [0, 0.05) is 5.92 Å². The minimum Gasteiger partial charge on any atom is -0.452 e. The quantitative estimate of drug-likeness (QED) is 0.795. The number of hydrogen-bond acceptors (Lipinski definition) is 5. The van der Waals surface area contributed by atoms with Gasteiger partial charge in [-0.2, -0.15) is 0 Å². The molecule has 7 heteroatoms. The van der Waals surface area contributed by atoms with Crippen molar-refractivity contribution in [3.05, 3.63) is 24.3 Å². The fourth-order valence-corrected chi connectivity index (χ4v) is 3.37. The van der Waals surface area contributed by atoms with Gasteiger partial charge in [-0.15, -0.1) is 0 Å². The molecule has 2 heterocycles. The van der Waals surface area contributed by atoms with Crippen molar-refractivity contribution in [3.63, 3.8) is 0 Å². The van der Waals surface area contributed by atoms with Crippen LogP contribution >= 0.6 is 0 Å². The van der Waals surface area contributed by atoms with E-state index in [4.69, 9.17) is 14.2 Å². The lowest BCUT2D eigenvalue weighted by molar-refractivity contribution is 0.0857. The van der Waals surface area contributed by atoms with Crippen molar-refractivity contribution in [2.24, 2.45) is 5.92 Å². The van der Waals surface area contributed by atoms with E-state index in [-0.39, 0.29) is 12.0 Å². The van der Waals surface area contributed by atoms with E-state index in [1.807, 2.05) is 13.0 Å². The highest BCUT2D eigenvalue weighted by Gasteiger charge is 2.52. The number of anilines is 2. The van der Waals surface area contributed by atoms with Gasteiger partial charge in [0.05, 0.1) is 38.2 Å². The molecule has 7 nitrogen and oxygen atoms in total. The maximum absolute atomic E-state index is 12.4. The lowest BCUT2D eigenvalue weighted by atomic mass is 9.94. The third-order valence-electron chi connectivity index (χ3n) is 4.48. The summed E-state index contributed by atoms with van der Waals surface area (Å²) >= 11 is 0. The van der Waals surface area contributed by atoms with Crippen LogP contribution in [0.2, 0.25) is 0 Å². The van der Waals surface area contributed by atoms with Crippen molar-refractivity contribution in [1.29, 1.82) is 0 Å². The Kier molecular flexibility index (Phi) is 4.12. The van der Waals surface area contributed by atoms with E-state index in [1.54, 1.807) is 23.1 Å². The number of methoxy groups -OCH3 is 2. The van der Waals surface area contributed by atoms with Crippen molar-refractivity contribution < 1.29 is 23.8 Å². The average Bonchev–Trinajstić information content (AvgIpc) is 3.01. The molecule has 1 fully saturated rings. The van der Waals surface area contributed by atoms with E-state index in [2.05, 4.69) is 0 Å². The third-order valence-corrected chi connectivity index (χ3v) is 4.48. The number of para-hydroxylation sites is 2. The molecule has 23 heavy (non-hydrogen) atoms. The molecular formula is C16H20N2O5. The molecule has 2 aliphatic rings. The number of fused-ring (bicyclic) bond motifs is 2. The van der Waals surface area contributed by atoms with Crippen molar-refractivity contribution in [3.8, 4) is 0 Å². The van der Waals surface area contributed by atoms with Gasteiger partial charge in [0.2, 0.25) is 0 Å². The maximum atomic E-state index is 12.4. The van der Waals surface area contributed by atoms with Gasteiger partial charge in [-0.1, -0.05) is 19.1 Å². The number of amides is 2. The molecule has 0 unspecified atom stereocenters. The summed E-state index contributed by atoms with van der Waals surface area (Å²) in [6.07, 6.45) is -0.720. The number of ether oxygens (including phenoxy) is 3. The van der Waals surface area contributed by atoms with Crippen LogP contribution < -0.4 is 9.80 Å². The molecule has 3 rings (SSSR count). The Morgan fingerprint density at radius 2 is 1.70 bits per heavy atom. The predicted molar refractivity (Wildman–Crippen MR) is 83.5 cm³/mol. The fourth-order valence-electron chi connectivity index (χ4n) is 3.37. The Morgan fingerprint density at radius 1 is 1.13 bits per heavy atom. The van der Waals surface area contributed by atoms with Gasteiger partial charge < -0.3 is 14.2 Å². The molecule has 124 valence electrons. The SMILES string of the molecule is CC[C@H]1CO[C@@H]2[C@H]1N(C(=O)OC)c1ccccc1N2C(=O)OC. The Hall–Kier alpha value is -2.28. The molecule has 2 aliphatic heterocycles. The number of carbonyl (C=O) groups is 2. The molecule has 0 spiro atoms. The predicted octanol–water partition coefficient (Wildman–Crippen LogP) is 2.60. The van der Waals surface area contributed by atoms with E-state index < -0.39 is 18.4 Å². The standard InChI is InChI=1S/C16H20N2O5/c1-4-10-9-23-14-13(10)17(15(19)21-2)11-7-5-6-8-12(11)18(14)16(20)22-3/h5-8,10,13-14H,4,9H2,1-3H3/t10-,13-,14+/m0/s1. The summed E-state index contributed by atoms with van der Waals surface area (Å²) in [5.74, 6) is 0.111. The Bertz CT molecular complexity index is 620. The van der Waals surface area contributed by atoms with Crippen LogP contribution in [0, 0.1) is 5.92 Å². The molecule has 0 aromatic heterocycles. The second-order valence-corrected chi connectivity index (χ2v) is 5.55. The summed E-state index contributed by atoms with van der Waals surface area (Å²) in [6.45, 7) is 2.51. The van der Waals surface area contributed by atoms with E-state index in [0.717, 1.165) is 6.42 Å². The highest BCUT2D eigenvalue weighted by atomic mass is 16.6. The Balaban J connectivity index is 2.16. The van der Waals surface area contributed by atoms with Crippen LogP contribution in [-0.2, 0) is 14.2 Å². The van der Waals surface area contributed by atoms with Crippen LogP contribution in [0.25, 0.3) is 0 Å². The topological polar surface area (TPSA) is 68.3 Å². The van der Waals surface area contributed by atoms with Crippen molar-refractivity contribution in [2.75, 3.05) is 30.6 Å². The molecule has 1 aromatic rings. The van der Waals surface area contributed by atoms with Crippen LogP contribution in [0.15, 0.2) is 24.3 Å². The van der Waals surface area contributed by atoms with Crippen LogP contribution in [-0.4, -0.2) is 45.3 Å². The first-order chi connectivity index (χ1) is 11.1. The minimum absolute atomic E-state index is 0.111. The number of hydrogen-bond donors (Lipinski definition) is 0. The van der Waals surface area contributed by atoms with Crippen molar-refractivity contribution >= 4 is 23.6 Å². The highest BCUT2D eigenvalue weighted by Crippen LogP contribution is 2.44. The van der Waals surface area contributed by atoms with Gasteiger partial charge in [0.15, 0.2) is 6.23 Å². The molecule has 0 aliphatic carbocycles. The first-order valence-electron chi connectivity index (χ1n) is 7.59. The van der Waals surface area contributed by atoms with Gasteiger partial charge in [0.1, 0.15) is 0 Å². The van der Waals surface area contributed by atoms with E-state index >= 15 is 0 Å². The van der Waals surface area contributed by atoms with Crippen molar-refractivity contribution in [1.82, 2.24) is 0 Å². The zero-order chi connectivity index (χ0) is 16.6. The number of benzene rings is 1. The Labute approximate surface area is 134 Å². The average molecular weight is 320 g/mol. The zero-order valence-corrected chi connectivity index (χ0v) is 13.4. The minimum atomic E-state index is -0.582. The molecule has 1 aromatic carbocycles. The molecule has 0 saturated carbocycles. The number of carbonyl (C=O) groups excluding carboxylic acids is 2. The second kappa shape index (κ2) is 6.08. The molecule has 2 amide bonds. The summed E-state index contributed by atoms with van der Waals surface area (Å²) in [5.41, 5.74) is 1.19. The molecular weight excluding hydrogens is 300 g/mol. The van der Waals surface area contributed by atoms with Gasteiger partial charge >= 0.3 is 12.2 Å². The summed E-state index contributed by atoms with van der Waals surface area (Å²) in [7, 11) is 2.68. The van der Waals surface area contributed by atoms with E-state index in [1.165, 1.54) is 19.1 Å². The first kappa shape index (κ1) is 15.6. The van der Waals surface area contributed by atoms with Crippen LogP contribution in [0.1, 0.15) is 13.3 Å². The van der Waals surface area contributed by atoms with E-state index in [0.29, 0.717) is 18.0 Å². The molecule has 3 atom stereocenters. The summed E-state index contributed by atoms with van der Waals surface area (Å²) in [4.78, 5) is 27.8. The fraction of sp³-hybridized carbons (Fsp3) is 0.500. The van der Waals surface area contributed by atoms with Gasteiger partial charge in [-0.25, -0.2) is 14.5 Å². The smallest absolute Gasteiger partial charge is 0.416 e. The van der Waals surface area contributed by atoms with Gasteiger partial charge in [-0.05, 0) is 18.6 Å². The molecule has 1 saturated heterocycles. The second-order valence-electron chi connectivity index (χ2n) is 5.55. The zero-order valence-electron chi connectivity index (χ0n) is 13.4. The summed E-state index contributed by atoms with van der Waals surface area (Å²) < 4.78 is 15.7.